The number of rotatable bonds is 9. The van der Waals surface area contributed by atoms with E-state index in [9.17, 15) is 4.79 Å². The molecule has 1 amide bonds. The lowest BCUT2D eigenvalue weighted by molar-refractivity contribution is 0.101. The average molecular weight is 446 g/mol. The Morgan fingerprint density at radius 3 is 2.97 bits per heavy atom. The van der Waals surface area contributed by atoms with Crippen LogP contribution in [0.15, 0.2) is 60.3 Å². The van der Waals surface area contributed by atoms with Gasteiger partial charge in [-0.1, -0.05) is 35.9 Å². The van der Waals surface area contributed by atoms with Crippen LogP contribution >= 0.6 is 0 Å². The van der Waals surface area contributed by atoms with Crippen molar-refractivity contribution in [2.45, 2.75) is 26.2 Å². The summed E-state index contributed by atoms with van der Waals surface area (Å²) in [5, 5.41) is 9.73. The molecular weight excluding hydrogens is 418 g/mol. The number of hydrogen-bond donors (Lipinski definition) is 2. The van der Waals surface area contributed by atoms with Gasteiger partial charge >= 0.3 is 0 Å². The second-order valence-electron chi connectivity index (χ2n) is 7.75. The number of allylic oxidation sites excluding steroid dienone is 4. The van der Waals surface area contributed by atoms with Crippen LogP contribution in [0, 0.1) is 6.92 Å². The molecule has 0 radical (unpaired) electrons. The molecule has 2 aromatic heterocycles. The van der Waals surface area contributed by atoms with Crippen molar-refractivity contribution in [1.29, 1.82) is 0 Å². The Bertz CT molecular complexity index is 1180. The van der Waals surface area contributed by atoms with Crippen LogP contribution in [-0.2, 0) is 11.2 Å². The van der Waals surface area contributed by atoms with E-state index in [0.29, 0.717) is 31.3 Å². The summed E-state index contributed by atoms with van der Waals surface area (Å²) in [5.41, 5.74) is 4.15. The lowest BCUT2D eigenvalue weighted by Gasteiger charge is -2.14. The Hall–Kier alpha value is -3.78. The third-order valence-electron chi connectivity index (χ3n) is 5.30. The summed E-state index contributed by atoms with van der Waals surface area (Å²) >= 11 is 0. The molecule has 1 aliphatic carbocycles. The number of carbonyl (C=O) groups excluding carboxylic acids is 1. The monoisotopic (exact) mass is 445 g/mol. The highest BCUT2D eigenvalue weighted by atomic mass is 16.5. The van der Waals surface area contributed by atoms with E-state index in [0.717, 1.165) is 35.3 Å². The van der Waals surface area contributed by atoms with Crippen LogP contribution < -0.4 is 10.1 Å². The molecule has 4 rings (SSSR count). The molecule has 0 saturated heterocycles. The Kier molecular flexibility index (Phi) is 7.26. The van der Waals surface area contributed by atoms with Crippen LogP contribution in [0.4, 0.5) is 5.82 Å². The number of pyridine rings is 1. The van der Waals surface area contributed by atoms with Gasteiger partial charge in [-0.3, -0.25) is 9.89 Å². The SMILES string of the molecule is COCCOc1cccc(C)c1-c1ccnc(NC(=O)c2n[nH]c(CC3=CC=CCC3)n2)c1. The predicted molar refractivity (Wildman–Crippen MR) is 126 cm³/mol. The number of H-pyrrole nitrogens is 1. The van der Waals surface area contributed by atoms with Crippen LogP contribution in [0.25, 0.3) is 11.1 Å². The minimum Gasteiger partial charge on any atom is -0.491 e. The van der Waals surface area contributed by atoms with Gasteiger partial charge in [-0.2, -0.15) is 0 Å². The van der Waals surface area contributed by atoms with Crippen molar-refractivity contribution in [1.82, 2.24) is 20.2 Å². The van der Waals surface area contributed by atoms with Gasteiger partial charge in [0.05, 0.1) is 6.61 Å². The Labute approximate surface area is 192 Å². The molecule has 170 valence electrons. The van der Waals surface area contributed by atoms with E-state index >= 15 is 0 Å². The molecule has 3 aromatic rings. The summed E-state index contributed by atoms with van der Waals surface area (Å²) in [6, 6.07) is 9.59. The molecule has 0 atom stereocenters. The number of methoxy groups -OCH3 is 1. The first-order valence-corrected chi connectivity index (χ1v) is 10.9. The second kappa shape index (κ2) is 10.7. The van der Waals surface area contributed by atoms with E-state index < -0.39 is 5.91 Å². The van der Waals surface area contributed by atoms with Crippen molar-refractivity contribution in [3.63, 3.8) is 0 Å². The number of nitrogens with zero attached hydrogens (tertiary/aromatic N) is 3. The van der Waals surface area contributed by atoms with Crippen molar-refractivity contribution in [2.75, 3.05) is 25.6 Å². The molecule has 0 saturated carbocycles. The minimum atomic E-state index is -0.416. The summed E-state index contributed by atoms with van der Waals surface area (Å²) in [5.74, 6) is 1.50. The number of benzene rings is 1. The van der Waals surface area contributed by atoms with Gasteiger partial charge in [0.25, 0.3) is 5.91 Å². The van der Waals surface area contributed by atoms with Crippen LogP contribution in [0.2, 0.25) is 0 Å². The zero-order chi connectivity index (χ0) is 23.0. The summed E-state index contributed by atoms with van der Waals surface area (Å²) in [6.45, 7) is 2.96. The van der Waals surface area contributed by atoms with E-state index in [-0.39, 0.29) is 5.82 Å². The standard InChI is InChI=1S/C25H27N5O3/c1-17-7-6-10-20(33-14-13-32-2)23(17)19-11-12-26-21(16-19)28-25(31)24-27-22(29-30-24)15-18-8-4-3-5-9-18/h3-4,6-8,10-12,16H,5,9,13-15H2,1-2H3,(H,26,28,31)(H,27,29,30). The highest BCUT2D eigenvalue weighted by Gasteiger charge is 2.16. The fraction of sp³-hybridized carbons (Fsp3) is 0.280. The number of aromatic nitrogens is 4. The largest absolute Gasteiger partial charge is 0.491 e. The number of anilines is 1. The van der Waals surface area contributed by atoms with Crippen molar-refractivity contribution in [3.8, 4) is 16.9 Å². The van der Waals surface area contributed by atoms with Gasteiger partial charge in [-0.05, 0) is 49.1 Å². The number of amides is 1. The molecule has 8 nitrogen and oxygen atoms in total. The molecule has 2 heterocycles. The van der Waals surface area contributed by atoms with E-state index in [1.807, 2.05) is 43.3 Å². The molecule has 0 bridgehead atoms. The molecule has 1 aliphatic rings. The predicted octanol–water partition coefficient (Wildman–Crippen LogP) is 4.27. The molecule has 1 aromatic carbocycles. The number of nitrogens with one attached hydrogen (secondary N) is 2. The van der Waals surface area contributed by atoms with Crippen LogP contribution in [0.3, 0.4) is 0 Å². The molecule has 0 spiro atoms. The Morgan fingerprint density at radius 1 is 1.24 bits per heavy atom. The van der Waals surface area contributed by atoms with Crippen LogP contribution in [-0.4, -0.2) is 46.4 Å². The number of aromatic amines is 1. The molecular formula is C25H27N5O3. The third kappa shape index (κ3) is 5.72. The van der Waals surface area contributed by atoms with Gasteiger partial charge < -0.3 is 14.8 Å². The summed E-state index contributed by atoms with van der Waals surface area (Å²) in [7, 11) is 1.64. The average Bonchev–Trinajstić information content (AvgIpc) is 3.29. The highest BCUT2D eigenvalue weighted by molar-refractivity contribution is 6.01. The van der Waals surface area contributed by atoms with E-state index in [1.165, 1.54) is 5.57 Å². The smallest absolute Gasteiger partial charge is 0.296 e. The van der Waals surface area contributed by atoms with Gasteiger partial charge in [0.1, 0.15) is 24.0 Å². The van der Waals surface area contributed by atoms with Crippen molar-refractivity contribution in [2.24, 2.45) is 0 Å². The van der Waals surface area contributed by atoms with Crippen molar-refractivity contribution in [3.05, 3.63) is 77.5 Å². The quantitative estimate of drug-likeness (QED) is 0.477. The molecule has 8 heteroatoms. The fourth-order valence-corrected chi connectivity index (χ4v) is 3.68. The summed E-state index contributed by atoms with van der Waals surface area (Å²) in [4.78, 5) is 21.4. The lowest BCUT2D eigenvalue weighted by atomic mass is 10.0. The van der Waals surface area contributed by atoms with Gasteiger partial charge in [-0.15, -0.1) is 5.10 Å². The first-order valence-electron chi connectivity index (χ1n) is 10.9. The molecule has 0 fully saturated rings. The minimum absolute atomic E-state index is 0.0867. The van der Waals surface area contributed by atoms with Crippen molar-refractivity contribution >= 4 is 11.7 Å². The summed E-state index contributed by atoms with van der Waals surface area (Å²) in [6.07, 6.45) is 10.6. The fourth-order valence-electron chi connectivity index (χ4n) is 3.68. The maximum absolute atomic E-state index is 12.7. The van der Waals surface area contributed by atoms with Gasteiger partial charge in [0.2, 0.25) is 5.82 Å². The van der Waals surface area contributed by atoms with Gasteiger partial charge in [0, 0.05) is 25.3 Å². The maximum atomic E-state index is 12.7. The van der Waals surface area contributed by atoms with Crippen LogP contribution in [0.1, 0.15) is 34.8 Å². The lowest BCUT2D eigenvalue weighted by Crippen LogP contribution is -2.15. The zero-order valence-electron chi connectivity index (χ0n) is 18.8. The van der Waals surface area contributed by atoms with Gasteiger partial charge in [0.15, 0.2) is 0 Å². The second-order valence-corrected chi connectivity index (χ2v) is 7.75. The number of ether oxygens (including phenoxy) is 2. The highest BCUT2D eigenvalue weighted by Crippen LogP contribution is 2.34. The number of carbonyl (C=O) groups is 1. The first kappa shape index (κ1) is 22.4. The first-order chi connectivity index (χ1) is 16.1. The van der Waals surface area contributed by atoms with Gasteiger partial charge in [-0.25, -0.2) is 9.97 Å². The number of hydrogen-bond acceptors (Lipinski definition) is 6. The van der Waals surface area contributed by atoms with Crippen molar-refractivity contribution < 1.29 is 14.3 Å². The normalized spacial score (nSPS) is 13.0. The third-order valence-corrected chi connectivity index (χ3v) is 5.30. The topological polar surface area (TPSA) is 102 Å². The molecule has 0 unspecified atom stereocenters. The Morgan fingerprint density at radius 2 is 2.15 bits per heavy atom. The molecule has 2 N–H and O–H groups in total. The molecule has 0 aliphatic heterocycles. The van der Waals surface area contributed by atoms with Crippen LogP contribution in [0.5, 0.6) is 5.75 Å². The Balaban J connectivity index is 1.48. The van der Waals surface area contributed by atoms with E-state index in [1.54, 1.807) is 13.3 Å². The zero-order valence-corrected chi connectivity index (χ0v) is 18.8. The number of aryl methyl sites for hydroxylation is 1. The van der Waals surface area contributed by atoms with E-state index in [4.69, 9.17) is 9.47 Å². The summed E-state index contributed by atoms with van der Waals surface area (Å²) < 4.78 is 11.0. The maximum Gasteiger partial charge on any atom is 0.296 e. The van der Waals surface area contributed by atoms with E-state index in [2.05, 4.69) is 37.6 Å². The molecule has 33 heavy (non-hydrogen) atoms.